The monoisotopic (exact) mass is 622 g/mol. The van der Waals surface area contributed by atoms with Crippen LogP contribution in [0.2, 0.25) is 0 Å². The number of hydrogen-bond donors (Lipinski definition) is 2. The Morgan fingerprint density at radius 2 is 1.79 bits per heavy atom. The maximum absolute atomic E-state index is 13.5. The Balaban J connectivity index is 1.51. The van der Waals surface area contributed by atoms with Gasteiger partial charge in [0, 0.05) is 35.7 Å². The lowest BCUT2D eigenvalue weighted by Crippen LogP contribution is -2.19. The van der Waals surface area contributed by atoms with Crippen LogP contribution in [0, 0.1) is 0 Å². The van der Waals surface area contributed by atoms with E-state index in [4.69, 9.17) is 4.98 Å². The molecule has 6 rings (SSSR count). The van der Waals surface area contributed by atoms with E-state index in [0.29, 0.717) is 22.3 Å². The highest BCUT2D eigenvalue weighted by Gasteiger charge is 2.37. The van der Waals surface area contributed by atoms with E-state index in [0.717, 1.165) is 30.7 Å². The van der Waals surface area contributed by atoms with Crippen molar-refractivity contribution >= 4 is 23.5 Å². The maximum atomic E-state index is 13.5. The molecule has 8 nitrogen and oxygen atoms in total. The molecule has 1 aliphatic carbocycles. The molecule has 1 saturated carbocycles. The molecule has 0 amide bonds. The van der Waals surface area contributed by atoms with Gasteiger partial charge >= 0.3 is 12.5 Å². The molecule has 5 aromatic rings. The Morgan fingerprint density at radius 1 is 1.05 bits per heavy atom. The van der Waals surface area contributed by atoms with Gasteiger partial charge in [0.2, 0.25) is 0 Å². The first kappa shape index (κ1) is 29.0. The third kappa shape index (κ3) is 5.44. The second-order valence-electron chi connectivity index (χ2n) is 10.6. The van der Waals surface area contributed by atoms with Crippen LogP contribution in [0.1, 0.15) is 37.1 Å². The average Bonchev–Trinajstić information content (AvgIpc) is 3.32. The summed E-state index contributed by atoms with van der Waals surface area (Å²) < 4.78 is 99.1. The standard InChI is InChI=1S/C28H25F6N6O2P/c1-4-43(3,41)15-10-11-16(20(12-15)42-28(32,33)34)26-37-23(24(40(26)2)14-8-9-14)17-6-5-7-18-22(17)36-25(35-18)19-13-21(39-38-19)27(29,30)31/h5-7,10-14H,4,8-9H2,1-3H3,(H,35,36)(H,38,39). The van der Waals surface area contributed by atoms with Crippen LogP contribution in [0.4, 0.5) is 26.3 Å². The fourth-order valence-electron chi connectivity index (χ4n) is 5.09. The van der Waals surface area contributed by atoms with Gasteiger partial charge < -0.3 is 18.9 Å². The summed E-state index contributed by atoms with van der Waals surface area (Å²) in [6, 6.07) is 10.2. The fourth-order valence-corrected chi connectivity index (χ4v) is 6.23. The predicted molar refractivity (Wildman–Crippen MR) is 149 cm³/mol. The van der Waals surface area contributed by atoms with Crippen LogP contribution >= 0.6 is 7.14 Å². The van der Waals surface area contributed by atoms with Crippen LogP contribution < -0.4 is 10.0 Å². The quantitative estimate of drug-likeness (QED) is 0.145. The third-order valence-corrected chi connectivity index (χ3v) is 10.2. The van der Waals surface area contributed by atoms with Gasteiger partial charge in [0.1, 0.15) is 30.1 Å². The number of benzene rings is 2. The molecular formula is C28H25F6N6O2P. The van der Waals surface area contributed by atoms with Gasteiger partial charge in [-0.2, -0.15) is 18.3 Å². The Morgan fingerprint density at radius 3 is 2.42 bits per heavy atom. The summed E-state index contributed by atoms with van der Waals surface area (Å²) in [6.07, 6.45) is -7.64. The smallest absolute Gasteiger partial charge is 0.405 e. The van der Waals surface area contributed by atoms with Gasteiger partial charge in [-0.3, -0.25) is 5.10 Å². The number of alkyl halides is 6. The first-order chi connectivity index (χ1) is 20.2. The summed E-state index contributed by atoms with van der Waals surface area (Å²) in [7, 11) is -1.21. The van der Waals surface area contributed by atoms with Crippen molar-refractivity contribution in [2.75, 3.05) is 12.8 Å². The van der Waals surface area contributed by atoms with Gasteiger partial charge in [-0.25, -0.2) is 9.97 Å². The second kappa shape index (κ2) is 10.0. The van der Waals surface area contributed by atoms with Crippen LogP contribution in [-0.2, 0) is 17.8 Å². The van der Waals surface area contributed by atoms with E-state index in [-0.39, 0.29) is 40.3 Å². The first-order valence-corrected chi connectivity index (χ1v) is 15.7. The van der Waals surface area contributed by atoms with Gasteiger partial charge in [0.05, 0.1) is 22.3 Å². The van der Waals surface area contributed by atoms with Crippen LogP contribution in [-0.4, -0.2) is 48.9 Å². The van der Waals surface area contributed by atoms with Crippen LogP contribution in [0.3, 0.4) is 0 Å². The van der Waals surface area contributed by atoms with Gasteiger partial charge in [0.15, 0.2) is 5.82 Å². The van der Waals surface area contributed by atoms with Crippen molar-refractivity contribution in [2.45, 2.75) is 38.2 Å². The summed E-state index contributed by atoms with van der Waals surface area (Å²) >= 11 is 0. The molecule has 0 spiro atoms. The number of nitrogens with zero attached hydrogens (tertiary/aromatic N) is 4. The fraction of sp³-hybridized carbons (Fsp3) is 0.321. The number of rotatable bonds is 7. The Hall–Kier alpha value is -4.06. The normalized spacial score (nSPS) is 15.7. The number of fused-ring (bicyclic) bond motifs is 1. The lowest BCUT2D eigenvalue weighted by molar-refractivity contribution is -0.274. The molecule has 0 radical (unpaired) electrons. The molecule has 2 aromatic carbocycles. The van der Waals surface area contributed by atoms with Crippen molar-refractivity contribution in [1.29, 1.82) is 0 Å². The van der Waals surface area contributed by atoms with Gasteiger partial charge in [-0.05, 0) is 43.8 Å². The molecule has 0 saturated heterocycles. The minimum atomic E-state index is -5.00. The van der Waals surface area contributed by atoms with Crippen molar-refractivity contribution in [3.63, 3.8) is 0 Å². The van der Waals surface area contributed by atoms with E-state index in [1.54, 1.807) is 36.7 Å². The van der Waals surface area contributed by atoms with Gasteiger partial charge in [0.25, 0.3) is 0 Å². The minimum absolute atomic E-state index is 0.0343. The number of para-hydroxylation sites is 1. The Labute approximate surface area is 240 Å². The number of hydrogen-bond acceptors (Lipinski definition) is 5. The zero-order valence-electron chi connectivity index (χ0n) is 23.1. The molecule has 3 aromatic heterocycles. The van der Waals surface area contributed by atoms with Crippen molar-refractivity contribution in [2.24, 2.45) is 7.05 Å². The topological polar surface area (TPSA) is 101 Å². The largest absolute Gasteiger partial charge is 0.573 e. The molecule has 226 valence electrons. The summed E-state index contributed by atoms with van der Waals surface area (Å²) in [5.41, 5.74) is 1.76. The molecule has 1 atom stereocenters. The number of halogens is 6. The number of aromatic amines is 2. The highest BCUT2D eigenvalue weighted by atomic mass is 31.2. The van der Waals surface area contributed by atoms with Crippen LogP contribution in [0.5, 0.6) is 5.75 Å². The lowest BCUT2D eigenvalue weighted by Gasteiger charge is -2.17. The molecule has 0 aliphatic heterocycles. The lowest BCUT2D eigenvalue weighted by atomic mass is 10.1. The molecule has 43 heavy (non-hydrogen) atoms. The van der Waals surface area contributed by atoms with Crippen LogP contribution in [0.25, 0.3) is 45.2 Å². The number of H-pyrrole nitrogens is 2. The highest BCUT2D eigenvalue weighted by Crippen LogP contribution is 2.48. The van der Waals surface area contributed by atoms with E-state index >= 15 is 0 Å². The number of nitrogens with one attached hydrogen (secondary N) is 2. The van der Waals surface area contributed by atoms with Crippen molar-refractivity contribution in [3.05, 3.63) is 53.9 Å². The number of aromatic nitrogens is 6. The molecular weight excluding hydrogens is 597 g/mol. The zero-order valence-corrected chi connectivity index (χ0v) is 24.0. The van der Waals surface area contributed by atoms with Crippen molar-refractivity contribution in [1.82, 2.24) is 29.7 Å². The van der Waals surface area contributed by atoms with Crippen molar-refractivity contribution < 1.29 is 35.6 Å². The Bertz CT molecular complexity index is 1900. The molecule has 1 aliphatic rings. The summed E-state index contributed by atoms with van der Waals surface area (Å²) in [5.74, 6) is -0.102. The van der Waals surface area contributed by atoms with E-state index in [1.807, 2.05) is 5.10 Å². The zero-order chi connectivity index (χ0) is 30.9. The summed E-state index contributed by atoms with van der Waals surface area (Å²) in [5, 5.41) is 5.98. The second-order valence-corrected chi connectivity index (χ2v) is 14.0. The van der Waals surface area contributed by atoms with E-state index in [9.17, 15) is 30.9 Å². The van der Waals surface area contributed by atoms with Gasteiger partial charge in [-0.15, -0.1) is 13.2 Å². The maximum Gasteiger partial charge on any atom is 0.573 e. The van der Waals surface area contributed by atoms with E-state index < -0.39 is 31.1 Å². The summed E-state index contributed by atoms with van der Waals surface area (Å²) in [6.45, 7) is 3.21. The van der Waals surface area contributed by atoms with E-state index in [1.165, 1.54) is 18.8 Å². The molecule has 15 heteroatoms. The molecule has 2 N–H and O–H groups in total. The molecule has 1 unspecified atom stereocenters. The highest BCUT2D eigenvalue weighted by molar-refractivity contribution is 7.70. The average molecular weight is 623 g/mol. The first-order valence-electron chi connectivity index (χ1n) is 13.3. The predicted octanol–water partition coefficient (Wildman–Crippen LogP) is 7.45. The van der Waals surface area contributed by atoms with Gasteiger partial charge in [-0.1, -0.05) is 25.1 Å². The number of ether oxygens (including phenoxy) is 1. The van der Waals surface area contributed by atoms with Crippen molar-refractivity contribution in [3.8, 4) is 39.9 Å². The van der Waals surface area contributed by atoms with E-state index in [2.05, 4.69) is 19.8 Å². The third-order valence-electron chi connectivity index (χ3n) is 7.58. The Kier molecular flexibility index (Phi) is 6.75. The summed E-state index contributed by atoms with van der Waals surface area (Å²) in [4.78, 5) is 12.3. The molecule has 1 fully saturated rings. The molecule has 3 heterocycles. The number of imidazole rings is 2. The minimum Gasteiger partial charge on any atom is -0.405 e. The van der Waals surface area contributed by atoms with Crippen LogP contribution in [0.15, 0.2) is 42.5 Å². The molecule has 0 bridgehead atoms. The SMILES string of the molecule is CCP(C)(=O)c1ccc(-c2nc(-c3cccc4[nH]c(-c5cc(C(F)(F)F)[nH]n5)nc34)c(C3CC3)n2C)c(OC(F)(F)F)c1.